The van der Waals surface area contributed by atoms with Crippen molar-refractivity contribution in [3.05, 3.63) is 45.1 Å². The minimum atomic E-state index is -0.265. The summed E-state index contributed by atoms with van der Waals surface area (Å²) in [6, 6.07) is 4.99. The van der Waals surface area contributed by atoms with Crippen LogP contribution in [0.15, 0.2) is 33.0 Å². The van der Waals surface area contributed by atoms with E-state index in [1.165, 1.54) is 6.07 Å². The molecule has 0 atom stereocenters. The zero-order valence-corrected chi connectivity index (χ0v) is 16.3. The van der Waals surface area contributed by atoms with Crippen LogP contribution in [-0.2, 0) is 13.1 Å². The summed E-state index contributed by atoms with van der Waals surface area (Å²) in [6.45, 7) is 3.56. The molecule has 0 amide bonds. The Kier molecular flexibility index (Phi) is 6.99. The molecule has 2 aromatic rings. The van der Waals surface area contributed by atoms with Crippen LogP contribution in [0.3, 0.4) is 0 Å². The van der Waals surface area contributed by atoms with Crippen LogP contribution in [0.4, 0.5) is 9.52 Å². The van der Waals surface area contributed by atoms with Crippen LogP contribution in [0.5, 0.6) is 0 Å². The summed E-state index contributed by atoms with van der Waals surface area (Å²) < 4.78 is 14.6. The zero-order valence-electron chi connectivity index (χ0n) is 13.9. The second kappa shape index (κ2) is 8.98. The number of aromatic nitrogens is 1. The van der Waals surface area contributed by atoms with E-state index in [-0.39, 0.29) is 12.4 Å². The van der Waals surface area contributed by atoms with E-state index < -0.39 is 0 Å². The second-order valence-electron chi connectivity index (χ2n) is 5.30. The molecule has 8 heteroatoms. The summed E-state index contributed by atoms with van der Waals surface area (Å²) in [5.41, 5.74) is 1.50. The molecule has 1 aromatic heterocycles. The van der Waals surface area contributed by atoms with E-state index in [4.69, 9.17) is 0 Å². The summed E-state index contributed by atoms with van der Waals surface area (Å²) in [6.07, 6.45) is 0. The average molecular weight is 414 g/mol. The molecule has 2 rings (SSSR count). The first kappa shape index (κ1) is 18.7. The van der Waals surface area contributed by atoms with Gasteiger partial charge in [0.2, 0.25) is 0 Å². The zero-order chi connectivity index (χ0) is 17.5. The Hall–Kier alpha value is -1.67. The number of halogens is 2. The number of guanidine groups is 1. The number of benzene rings is 1. The molecule has 0 aliphatic heterocycles. The highest BCUT2D eigenvalue weighted by atomic mass is 79.9. The maximum Gasteiger partial charge on any atom is 0.191 e. The number of hydrogen-bond donors (Lipinski definition) is 2. The summed E-state index contributed by atoms with van der Waals surface area (Å²) in [7, 11) is 3.93. The van der Waals surface area contributed by atoms with Crippen molar-refractivity contribution >= 4 is 38.4 Å². The van der Waals surface area contributed by atoms with Crippen LogP contribution >= 0.6 is 27.3 Å². The molecule has 0 radical (unpaired) electrons. The molecule has 130 valence electrons. The van der Waals surface area contributed by atoms with Crippen molar-refractivity contribution in [2.75, 3.05) is 25.5 Å². The number of hydrogen-bond acceptors (Lipinski definition) is 4. The number of nitrogens with one attached hydrogen (secondary N) is 2. The first-order valence-electron chi connectivity index (χ1n) is 7.57. The van der Waals surface area contributed by atoms with Crippen molar-refractivity contribution in [1.82, 2.24) is 15.6 Å². The monoisotopic (exact) mass is 413 g/mol. The summed E-state index contributed by atoms with van der Waals surface area (Å²) in [5.74, 6) is 0.373. The Morgan fingerprint density at radius 1 is 1.38 bits per heavy atom. The van der Waals surface area contributed by atoms with E-state index in [0.29, 0.717) is 18.1 Å². The van der Waals surface area contributed by atoms with Crippen LogP contribution in [-0.4, -0.2) is 31.6 Å². The highest BCUT2D eigenvalue weighted by Gasteiger charge is 2.06. The third-order valence-electron chi connectivity index (χ3n) is 3.13. The normalized spacial score (nSPS) is 11.5. The molecule has 0 spiro atoms. The van der Waals surface area contributed by atoms with Crippen LogP contribution in [0.2, 0.25) is 0 Å². The van der Waals surface area contributed by atoms with Gasteiger partial charge in [0.15, 0.2) is 11.1 Å². The lowest BCUT2D eigenvalue weighted by atomic mass is 10.2. The fourth-order valence-electron chi connectivity index (χ4n) is 1.91. The summed E-state index contributed by atoms with van der Waals surface area (Å²) in [4.78, 5) is 10.9. The van der Waals surface area contributed by atoms with Crippen molar-refractivity contribution in [2.24, 2.45) is 4.99 Å². The van der Waals surface area contributed by atoms with Crippen molar-refractivity contribution in [2.45, 2.75) is 20.0 Å². The van der Waals surface area contributed by atoms with Gasteiger partial charge in [-0.1, -0.05) is 22.0 Å². The maximum absolute atomic E-state index is 13.9. The first-order chi connectivity index (χ1) is 11.5. The molecule has 2 N–H and O–H groups in total. The number of rotatable bonds is 6. The lowest BCUT2D eigenvalue weighted by Crippen LogP contribution is -2.36. The Morgan fingerprint density at radius 3 is 2.79 bits per heavy atom. The van der Waals surface area contributed by atoms with E-state index in [0.717, 1.165) is 21.8 Å². The van der Waals surface area contributed by atoms with Gasteiger partial charge in [0.25, 0.3) is 0 Å². The molecule has 24 heavy (non-hydrogen) atoms. The van der Waals surface area contributed by atoms with Crippen molar-refractivity contribution in [1.29, 1.82) is 0 Å². The van der Waals surface area contributed by atoms with Crippen LogP contribution in [0.1, 0.15) is 18.2 Å². The Bertz CT molecular complexity index is 702. The Balaban J connectivity index is 1.99. The molecule has 0 bridgehead atoms. The number of aliphatic imine (C=N–C) groups is 1. The van der Waals surface area contributed by atoms with Gasteiger partial charge in [0, 0.05) is 36.1 Å². The van der Waals surface area contributed by atoms with Crippen LogP contribution in [0, 0.1) is 5.82 Å². The quantitative estimate of drug-likeness (QED) is 0.562. The minimum absolute atomic E-state index is 0.265. The molecular formula is C16H21BrFN5S. The molecule has 5 nitrogen and oxygen atoms in total. The van der Waals surface area contributed by atoms with Gasteiger partial charge in [0.1, 0.15) is 5.82 Å². The molecule has 0 saturated heterocycles. The average Bonchev–Trinajstić information content (AvgIpc) is 3.00. The lowest BCUT2D eigenvalue weighted by Gasteiger charge is -2.11. The van der Waals surface area contributed by atoms with E-state index >= 15 is 0 Å². The van der Waals surface area contributed by atoms with Crippen molar-refractivity contribution in [3.63, 3.8) is 0 Å². The predicted molar refractivity (Wildman–Crippen MR) is 102 cm³/mol. The molecular weight excluding hydrogens is 393 g/mol. The Labute approximate surface area is 154 Å². The van der Waals surface area contributed by atoms with Crippen LogP contribution < -0.4 is 15.5 Å². The molecule has 0 saturated carbocycles. The third-order valence-corrected chi connectivity index (χ3v) is 4.68. The second-order valence-corrected chi connectivity index (χ2v) is 7.05. The van der Waals surface area contributed by atoms with Gasteiger partial charge >= 0.3 is 0 Å². The van der Waals surface area contributed by atoms with E-state index in [9.17, 15) is 4.39 Å². The largest absolute Gasteiger partial charge is 0.357 e. The predicted octanol–water partition coefficient (Wildman–Crippen LogP) is 3.37. The van der Waals surface area contributed by atoms with Crippen LogP contribution in [0.25, 0.3) is 0 Å². The van der Waals surface area contributed by atoms with Crippen molar-refractivity contribution < 1.29 is 4.39 Å². The third kappa shape index (κ3) is 5.45. The fourth-order valence-corrected chi connectivity index (χ4v) is 3.00. The highest BCUT2D eigenvalue weighted by Crippen LogP contribution is 2.18. The standard InChI is InChI=1S/C16H21BrFN5S/c1-4-19-15(20-8-11-5-6-12(17)7-14(11)18)21-9-13-10-24-16(22-13)23(2)3/h5-7,10H,4,8-9H2,1-3H3,(H2,19,20,21). The van der Waals surface area contributed by atoms with E-state index in [1.54, 1.807) is 17.4 Å². The van der Waals surface area contributed by atoms with Gasteiger partial charge in [-0.15, -0.1) is 11.3 Å². The fraction of sp³-hybridized carbons (Fsp3) is 0.375. The molecule has 1 heterocycles. The minimum Gasteiger partial charge on any atom is -0.357 e. The van der Waals surface area contributed by atoms with Gasteiger partial charge in [-0.25, -0.2) is 14.4 Å². The van der Waals surface area contributed by atoms with E-state index in [2.05, 4.69) is 36.5 Å². The van der Waals surface area contributed by atoms with Gasteiger partial charge < -0.3 is 15.5 Å². The highest BCUT2D eigenvalue weighted by molar-refractivity contribution is 9.10. The lowest BCUT2D eigenvalue weighted by molar-refractivity contribution is 0.609. The van der Waals surface area contributed by atoms with Gasteiger partial charge in [-0.2, -0.15) is 0 Å². The number of thiazole rings is 1. The smallest absolute Gasteiger partial charge is 0.191 e. The SMILES string of the molecule is CCNC(=NCc1ccc(Br)cc1F)NCc1csc(N(C)C)n1. The van der Waals surface area contributed by atoms with Crippen molar-refractivity contribution in [3.8, 4) is 0 Å². The number of nitrogens with zero attached hydrogens (tertiary/aromatic N) is 3. The van der Waals surface area contributed by atoms with Gasteiger partial charge in [0.05, 0.1) is 18.8 Å². The number of anilines is 1. The topological polar surface area (TPSA) is 52.6 Å². The molecule has 0 unspecified atom stereocenters. The molecule has 0 aliphatic carbocycles. The molecule has 0 aliphatic rings. The Morgan fingerprint density at radius 2 is 2.17 bits per heavy atom. The van der Waals surface area contributed by atoms with Gasteiger partial charge in [-0.3, -0.25) is 0 Å². The molecule has 1 aromatic carbocycles. The molecule has 0 fully saturated rings. The first-order valence-corrected chi connectivity index (χ1v) is 9.24. The summed E-state index contributed by atoms with van der Waals surface area (Å²) >= 11 is 4.85. The van der Waals surface area contributed by atoms with E-state index in [1.807, 2.05) is 37.4 Å². The van der Waals surface area contributed by atoms with Gasteiger partial charge in [-0.05, 0) is 19.1 Å². The summed E-state index contributed by atoms with van der Waals surface area (Å²) in [5, 5.41) is 9.36. The maximum atomic E-state index is 13.9.